The number of benzene rings is 1. The van der Waals surface area contributed by atoms with Gasteiger partial charge in [-0.15, -0.1) is 0 Å². The number of aliphatic hydroxyl groups excluding tert-OH is 1. The molecule has 3 aromatic rings. The number of nitrogens with one attached hydrogen (secondary N) is 1. The fourth-order valence-electron chi connectivity index (χ4n) is 2.36. The van der Waals surface area contributed by atoms with E-state index in [1.807, 2.05) is 31.2 Å². The number of rotatable bonds is 4. The monoisotopic (exact) mass is 386 g/mol. The molecule has 0 fully saturated rings. The second-order valence-corrected chi connectivity index (χ2v) is 6.22. The molecule has 0 aliphatic heterocycles. The molecular weight excluding hydrogens is 372 g/mol. The smallest absolute Gasteiger partial charge is 0.257 e. The van der Waals surface area contributed by atoms with Gasteiger partial charge in [0.1, 0.15) is 18.1 Å². The molecule has 0 unspecified atom stereocenters. The largest absolute Gasteiger partial charge is 0.459 e. The summed E-state index contributed by atoms with van der Waals surface area (Å²) in [4.78, 5) is 16.2. The van der Waals surface area contributed by atoms with E-state index in [9.17, 15) is 4.79 Å². The van der Waals surface area contributed by atoms with Crippen LogP contribution in [0.15, 0.2) is 57.7 Å². The topological polar surface area (TPSA) is 75.4 Å². The molecule has 2 heterocycles. The Balaban J connectivity index is 1.80. The van der Waals surface area contributed by atoms with Crippen LogP contribution >= 0.6 is 15.9 Å². The van der Waals surface area contributed by atoms with Gasteiger partial charge >= 0.3 is 0 Å². The van der Waals surface area contributed by atoms with Crippen molar-refractivity contribution in [2.24, 2.45) is 0 Å². The Kier molecular flexibility index (Phi) is 4.78. The molecule has 6 heteroatoms. The second-order valence-electron chi connectivity index (χ2n) is 5.30. The molecule has 0 spiro atoms. The van der Waals surface area contributed by atoms with Gasteiger partial charge in [-0.3, -0.25) is 9.78 Å². The minimum atomic E-state index is -0.225. The van der Waals surface area contributed by atoms with Gasteiger partial charge in [0.15, 0.2) is 0 Å². The number of halogens is 1. The molecule has 2 N–H and O–H groups in total. The van der Waals surface area contributed by atoms with Crippen molar-refractivity contribution in [1.82, 2.24) is 4.98 Å². The maximum atomic E-state index is 12.3. The molecule has 0 aliphatic carbocycles. The number of hydrogen-bond donors (Lipinski definition) is 2. The van der Waals surface area contributed by atoms with Crippen LogP contribution in [0.1, 0.15) is 21.7 Å². The van der Waals surface area contributed by atoms with Crippen molar-refractivity contribution < 1.29 is 14.3 Å². The Hall–Kier alpha value is -2.44. The van der Waals surface area contributed by atoms with Gasteiger partial charge in [-0.1, -0.05) is 0 Å². The third-order valence-electron chi connectivity index (χ3n) is 3.53. The highest BCUT2D eigenvalue weighted by molar-refractivity contribution is 9.10. The zero-order chi connectivity index (χ0) is 17.1. The van der Waals surface area contributed by atoms with E-state index in [1.165, 1.54) is 6.20 Å². The number of aryl methyl sites for hydroxylation is 1. The highest BCUT2D eigenvalue weighted by Gasteiger charge is 2.11. The van der Waals surface area contributed by atoms with Crippen LogP contribution in [0.25, 0.3) is 11.3 Å². The van der Waals surface area contributed by atoms with E-state index < -0.39 is 0 Å². The predicted molar refractivity (Wildman–Crippen MR) is 94.7 cm³/mol. The predicted octanol–water partition coefficient (Wildman–Crippen LogP) is 4.16. The first kappa shape index (κ1) is 16.4. The van der Waals surface area contributed by atoms with Gasteiger partial charge in [-0.2, -0.15) is 0 Å². The molecule has 0 aliphatic rings. The summed E-state index contributed by atoms with van der Waals surface area (Å²) in [5, 5.41) is 11.9. The minimum absolute atomic E-state index is 0.131. The second kappa shape index (κ2) is 6.98. The summed E-state index contributed by atoms with van der Waals surface area (Å²) < 4.78 is 6.30. The van der Waals surface area contributed by atoms with Crippen molar-refractivity contribution in [3.63, 3.8) is 0 Å². The van der Waals surface area contributed by atoms with Crippen molar-refractivity contribution in [2.45, 2.75) is 13.5 Å². The number of pyridine rings is 1. The summed E-state index contributed by atoms with van der Waals surface area (Å²) in [6.07, 6.45) is 3.14. The number of furan rings is 1. The quantitative estimate of drug-likeness (QED) is 0.705. The summed E-state index contributed by atoms with van der Waals surface area (Å²) in [6.45, 7) is 1.81. The average molecular weight is 387 g/mol. The molecule has 1 amide bonds. The summed E-state index contributed by atoms with van der Waals surface area (Å²) in [7, 11) is 0. The number of carbonyl (C=O) groups excluding carboxylic acids is 1. The van der Waals surface area contributed by atoms with Crippen LogP contribution in [0.5, 0.6) is 0 Å². The van der Waals surface area contributed by atoms with Crippen molar-refractivity contribution in [2.75, 3.05) is 5.32 Å². The van der Waals surface area contributed by atoms with E-state index in [2.05, 4.69) is 26.2 Å². The third kappa shape index (κ3) is 3.55. The highest BCUT2D eigenvalue weighted by Crippen LogP contribution is 2.28. The van der Waals surface area contributed by atoms with Crippen molar-refractivity contribution in [3.05, 3.63) is 70.2 Å². The van der Waals surface area contributed by atoms with Crippen molar-refractivity contribution >= 4 is 27.5 Å². The number of carbonyl (C=O) groups is 1. The summed E-state index contributed by atoms with van der Waals surface area (Å²) >= 11 is 3.30. The van der Waals surface area contributed by atoms with Crippen LogP contribution in [0.3, 0.4) is 0 Å². The maximum absolute atomic E-state index is 12.3. The molecule has 3 rings (SSSR count). The zero-order valence-electron chi connectivity index (χ0n) is 12.9. The number of amides is 1. The molecule has 0 saturated heterocycles. The minimum Gasteiger partial charge on any atom is -0.459 e. The number of aliphatic hydroxyl groups is 1. The maximum Gasteiger partial charge on any atom is 0.257 e. The van der Waals surface area contributed by atoms with Crippen LogP contribution in [0, 0.1) is 6.92 Å². The molecule has 0 radical (unpaired) electrons. The van der Waals surface area contributed by atoms with Crippen LogP contribution in [-0.2, 0) is 6.61 Å². The van der Waals surface area contributed by atoms with Crippen LogP contribution < -0.4 is 5.32 Å². The number of anilines is 1. The Morgan fingerprint density at radius 2 is 2.08 bits per heavy atom. The first-order valence-electron chi connectivity index (χ1n) is 7.29. The lowest BCUT2D eigenvalue weighted by Crippen LogP contribution is -2.12. The Morgan fingerprint density at radius 3 is 2.75 bits per heavy atom. The normalized spacial score (nSPS) is 10.6. The number of hydrogen-bond acceptors (Lipinski definition) is 4. The van der Waals surface area contributed by atoms with E-state index in [4.69, 9.17) is 9.52 Å². The van der Waals surface area contributed by atoms with E-state index in [-0.39, 0.29) is 12.5 Å². The molecule has 2 aromatic heterocycles. The van der Waals surface area contributed by atoms with Crippen LogP contribution in [0.4, 0.5) is 5.69 Å². The summed E-state index contributed by atoms with van der Waals surface area (Å²) in [5.74, 6) is 0.978. The van der Waals surface area contributed by atoms with Crippen LogP contribution in [0.2, 0.25) is 0 Å². The standard InChI is InChI=1S/C18H15BrN2O3/c1-11-6-14(21-18(23)12-7-13(19)9-20-8-12)2-4-16(11)17-5-3-15(10-22)24-17/h2-9,22H,10H2,1H3,(H,21,23). The van der Waals surface area contributed by atoms with Crippen molar-refractivity contribution in [1.29, 1.82) is 0 Å². The SMILES string of the molecule is Cc1cc(NC(=O)c2cncc(Br)c2)ccc1-c1ccc(CO)o1. The summed E-state index contributed by atoms with van der Waals surface area (Å²) in [5.41, 5.74) is 3.04. The van der Waals surface area contributed by atoms with Crippen molar-refractivity contribution in [3.8, 4) is 11.3 Å². The Morgan fingerprint density at radius 1 is 1.25 bits per heavy atom. The van der Waals surface area contributed by atoms with Gasteiger partial charge in [0.05, 0.1) is 5.56 Å². The van der Waals surface area contributed by atoms with E-state index in [1.54, 1.807) is 18.3 Å². The van der Waals surface area contributed by atoms with E-state index >= 15 is 0 Å². The van der Waals surface area contributed by atoms with Gasteiger partial charge in [0.2, 0.25) is 0 Å². The van der Waals surface area contributed by atoms with Gasteiger partial charge in [0.25, 0.3) is 5.91 Å². The first-order valence-corrected chi connectivity index (χ1v) is 8.08. The molecule has 122 valence electrons. The highest BCUT2D eigenvalue weighted by atomic mass is 79.9. The fourth-order valence-corrected chi connectivity index (χ4v) is 2.73. The fraction of sp³-hybridized carbons (Fsp3) is 0.111. The van der Waals surface area contributed by atoms with E-state index in [0.717, 1.165) is 15.6 Å². The van der Waals surface area contributed by atoms with Gasteiger partial charge in [0, 0.05) is 28.1 Å². The number of aromatic nitrogens is 1. The van der Waals surface area contributed by atoms with Gasteiger partial charge in [-0.05, 0) is 64.8 Å². The lowest BCUT2D eigenvalue weighted by molar-refractivity contribution is 0.102. The number of nitrogens with zero attached hydrogens (tertiary/aromatic N) is 1. The molecule has 0 atom stereocenters. The molecule has 0 saturated carbocycles. The Bertz CT molecular complexity index is 889. The molecule has 1 aromatic carbocycles. The molecular formula is C18H15BrN2O3. The van der Waals surface area contributed by atoms with Crippen LogP contribution in [-0.4, -0.2) is 16.0 Å². The van der Waals surface area contributed by atoms with Gasteiger partial charge in [-0.25, -0.2) is 0 Å². The molecule has 0 bridgehead atoms. The lowest BCUT2D eigenvalue weighted by atomic mass is 10.1. The first-order chi connectivity index (χ1) is 11.6. The average Bonchev–Trinajstić information content (AvgIpc) is 3.04. The van der Waals surface area contributed by atoms with Gasteiger partial charge < -0.3 is 14.8 Å². The molecule has 24 heavy (non-hydrogen) atoms. The molecule has 5 nitrogen and oxygen atoms in total. The Labute approximate surface area is 147 Å². The van der Waals surface area contributed by atoms with E-state index in [0.29, 0.717) is 22.8 Å². The third-order valence-corrected chi connectivity index (χ3v) is 3.97. The lowest BCUT2D eigenvalue weighted by Gasteiger charge is -2.09. The summed E-state index contributed by atoms with van der Waals surface area (Å²) in [6, 6.07) is 10.8. The zero-order valence-corrected chi connectivity index (χ0v) is 14.5.